The summed E-state index contributed by atoms with van der Waals surface area (Å²) in [5.74, 6) is -2.72. The highest BCUT2D eigenvalue weighted by Crippen LogP contribution is 2.56. The Hall–Kier alpha value is -4.91. The molecule has 5 aromatic rings. The molecule has 1 amide bonds. The van der Waals surface area contributed by atoms with Crippen molar-refractivity contribution in [3.8, 4) is 40.1 Å². The molecule has 0 bridgehead atoms. The predicted molar refractivity (Wildman–Crippen MR) is 187 cm³/mol. The molecule has 0 radical (unpaired) electrons. The average molecular weight is 847 g/mol. The second-order valence-corrected chi connectivity index (χ2v) is 15.1. The summed E-state index contributed by atoms with van der Waals surface area (Å²) in [5.41, 5.74) is -0.289. The number of carbonyl (C=O) groups is 1. The van der Waals surface area contributed by atoms with Gasteiger partial charge in [-0.15, -0.1) is 0 Å². The van der Waals surface area contributed by atoms with Gasteiger partial charge in [0.2, 0.25) is 21.8 Å². The molecule has 2 heterocycles. The fraction of sp³-hybridized carbons (Fsp3) is 0.314. The van der Waals surface area contributed by atoms with Gasteiger partial charge in [0.05, 0.1) is 57.4 Å². The molecule has 0 unspecified atom stereocenters. The van der Waals surface area contributed by atoms with E-state index in [0.717, 1.165) is 0 Å². The Labute approximate surface area is 311 Å². The van der Waals surface area contributed by atoms with Crippen molar-refractivity contribution in [2.24, 2.45) is 0 Å². The van der Waals surface area contributed by atoms with Gasteiger partial charge in [0.1, 0.15) is 11.5 Å². The number of alkyl halides is 6. The minimum absolute atomic E-state index is 0.0723. The molecular weight excluding hydrogens is 816 g/mol. The predicted octanol–water partition coefficient (Wildman–Crippen LogP) is 7.74. The summed E-state index contributed by atoms with van der Waals surface area (Å²) in [6.45, 7) is -2.01. The summed E-state index contributed by atoms with van der Waals surface area (Å²) in [7, 11) is -1.50. The number of H-pyrrole nitrogens is 1. The number of halogens is 7. The number of amides is 1. The lowest BCUT2D eigenvalue weighted by molar-refractivity contribution is -0.154. The number of carbonyl (C=O) groups excluding carboxylic acids is 1. The van der Waals surface area contributed by atoms with Crippen LogP contribution in [-0.4, -0.2) is 69.2 Å². The number of aromatic nitrogens is 2. The number of nitrogens with one attached hydrogen (secondary N) is 2. The molecule has 288 valence electrons. The second kappa shape index (κ2) is 14.1. The maximum absolute atomic E-state index is 13.6. The van der Waals surface area contributed by atoms with E-state index in [9.17, 15) is 44.7 Å². The molecule has 3 N–H and O–H groups in total. The van der Waals surface area contributed by atoms with Crippen LogP contribution in [0.4, 0.5) is 26.3 Å². The number of hydrogen-bond acceptors (Lipinski definition) is 9. The lowest BCUT2D eigenvalue weighted by atomic mass is 9.93. The Morgan fingerprint density at radius 1 is 0.981 bits per heavy atom. The quantitative estimate of drug-likeness (QED) is 0.107. The first-order valence-electron chi connectivity index (χ1n) is 15.9. The Kier molecular flexibility index (Phi) is 10.1. The molecule has 1 aliphatic rings. The number of fused-ring (bicyclic) bond motifs is 3. The van der Waals surface area contributed by atoms with Gasteiger partial charge >= 0.3 is 12.4 Å². The summed E-state index contributed by atoms with van der Waals surface area (Å²) < 4.78 is 130. The molecule has 54 heavy (non-hydrogen) atoms. The Morgan fingerprint density at radius 3 is 2.28 bits per heavy atom. The number of phenolic OH excluding ortho intramolecular Hbond substituents is 1. The molecule has 0 spiro atoms. The first kappa shape index (κ1) is 38.8. The third-order valence-electron chi connectivity index (χ3n) is 8.79. The van der Waals surface area contributed by atoms with E-state index < -0.39 is 70.0 Å². The zero-order valence-electron chi connectivity index (χ0n) is 28.5. The van der Waals surface area contributed by atoms with Gasteiger partial charge in [-0.2, -0.15) is 26.3 Å². The van der Waals surface area contributed by atoms with Gasteiger partial charge < -0.3 is 29.0 Å². The van der Waals surface area contributed by atoms with E-state index in [0.29, 0.717) is 39.9 Å². The van der Waals surface area contributed by atoms with Gasteiger partial charge in [0.25, 0.3) is 0 Å². The number of phenols is 1. The molecule has 0 saturated heterocycles. The number of hydrogen-bond donors (Lipinski definition) is 3. The van der Waals surface area contributed by atoms with Crippen molar-refractivity contribution in [1.82, 2.24) is 14.7 Å². The Morgan fingerprint density at radius 2 is 1.67 bits per heavy atom. The van der Waals surface area contributed by atoms with Gasteiger partial charge in [-0.1, -0.05) is 18.2 Å². The lowest BCUT2D eigenvalue weighted by Gasteiger charge is -2.22. The van der Waals surface area contributed by atoms with Crippen LogP contribution in [0.15, 0.2) is 53.1 Å². The molecule has 0 aliphatic heterocycles. The maximum atomic E-state index is 13.6. The number of aromatic amines is 1. The highest BCUT2D eigenvalue weighted by molar-refractivity contribution is 9.10. The van der Waals surface area contributed by atoms with Crippen LogP contribution in [0.25, 0.3) is 32.9 Å². The van der Waals surface area contributed by atoms with E-state index >= 15 is 0 Å². The summed E-state index contributed by atoms with van der Waals surface area (Å²) in [6, 6.07) is 10.1. The highest BCUT2D eigenvalue weighted by atomic mass is 79.9. The van der Waals surface area contributed by atoms with Gasteiger partial charge in [-0.05, 0) is 71.1 Å². The number of pyridine rings is 1. The number of ether oxygens (including phenoxy) is 4. The van der Waals surface area contributed by atoms with Crippen LogP contribution in [-0.2, 0) is 26.0 Å². The van der Waals surface area contributed by atoms with Gasteiger partial charge in [0.15, 0.2) is 24.7 Å². The third-order valence-corrected chi connectivity index (χ3v) is 10.6. The highest BCUT2D eigenvalue weighted by Gasteiger charge is 2.56. The summed E-state index contributed by atoms with van der Waals surface area (Å²) in [6.07, 6.45) is -7.69. The van der Waals surface area contributed by atoms with Crippen molar-refractivity contribution in [3.63, 3.8) is 0 Å². The van der Waals surface area contributed by atoms with Crippen molar-refractivity contribution < 1.29 is 63.6 Å². The molecule has 1 fully saturated rings. The largest absolute Gasteiger partial charge is 0.504 e. The molecule has 6 rings (SSSR count). The first-order chi connectivity index (χ1) is 25.3. The zero-order valence-corrected chi connectivity index (χ0v) is 30.9. The SMILES string of the molecule is COc1ccc(Br)c(OC)c1C1(C(=O)NS(=O)(=O)Cc2ccc(-c3[nH]c(OCC(F)(F)F)c4c3c(O)c(OCC(F)(F)F)c3cccnc34)c(C)c2)CC1. The Bertz CT molecular complexity index is 2400. The molecule has 2 aromatic heterocycles. The van der Waals surface area contributed by atoms with Crippen molar-refractivity contribution >= 4 is 53.5 Å². The normalized spacial score (nSPS) is 14.3. The van der Waals surface area contributed by atoms with E-state index in [2.05, 4.69) is 30.6 Å². The summed E-state index contributed by atoms with van der Waals surface area (Å²) in [4.78, 5) is 20.4. The summed E-state index contributed by atoms with van der Waals surface area (Å²) in [5, 5.41) is 10.8. The number of nitrogens with zero attached hydrogens (tertiary/aromatic N) is 1. The van der Waals surface area contributed by atoms with Crippen LogP contribution >= 0.6 is 15.9 Å². The van der Waals surface area contributed by atoms with E-state index in [4.69, 9.17) is 18.9 Å². The monoisotopic (exact) mass is 845 g/mol. The van der Waals surface area contributed by atoms with Crippen molar-refractivity contribution in [2.45, 2.75) is 43.3 Å². The average Bonchev–Trinajstić information content (AvgIpc) is 3.80. The number of sulfonamides is 1. The van der Waals surface area contributed by atoms with Gasteiger partial charge in [-0.3, -0.25) is 14.5 Å². The molecule has 0 atom stereocenters. The van der Waals surface area contributed by atoms with Crippen LogP contribution in [0.3, 0.4) is 0 Å². The van der Waals surface area contributed by atoms with Crippen LogP contribution in [0.2, 0.25) is 0 Å². The fourth-order valence-corrected chi connectivity index (χ4v) is 8.06. The number of aryl methyl sites for hydroxylation is 1. The molecule has 1 aliphatic carbocycles. The van der Waals surface area contributed by atoms with E-state index in [1.807, 2.05) is 0 Å². The molecular formula is C35H30BrF6N3O8S. The lowest BCUT2D eigenvalue weighted by Crippen LogP contribution is -2.39. The zero-order chi connectivity index (χ0) is 39.4. The fourth-order valence-electron chi connectivity index (χ4n) is 6.40. The van der Waals surface area contributed by atoms with Crippen molar-refractivity contribution in [2.75, 3.05) is 27.4 Å². The van der Waals surface area contributed by atoms with Gasteiger partial charge in [-0.25, -0.2) is 8.42 Å². The standard InChI is InChI=1S/C35H30BrF6N3O8S/c1-17-13-18(14-54(48,49)45-32(47)33(10-11-33)25-22(50-2)9-8-21(36)30(25)51-3)6-7-19(17)27-23-24(31(44-27)53-16-35(40,41)42)26-20(5-4-12-43-26)29(28(23)46)52-15-34(37,38)39/h4-9,12-13,44,46H,10-11,14-16H2,1-3H3,(H,45,47). The van der Waals surface area contributed by atoms with Crippen LogP contribution in [0, 0.1) is 6.92 Å². The minimum Gasteiger partial charge on any atom is -0.504 e. The van der Waals surface area contributed by atoms with Crippen LogP contribution in [0.5, 0.6) is 28.9 Å². The van der Waals surface area contributed by atoms with Crippen molar-refractivity contribution in [3.05, 3.63) is 69.8 Å². The summed E-state index contributed by atoms with van der Waals surface area (Å²) >= 11 is 3.39. The molecule has 19 heteroatoms. The number of rotatable bonds is 12. The smallest absolute Gasteiger partial charge is 0.422 e. The third kappa shape index (κ3) is 7.55. The van der Waals surface area contributed by atoms with E-state index in [-0.39, 0.29) is 38.5 Å². The molecule has 3 aromatic carbocycles. The minimum atomic E-state index is -4.80. The van der Waals surface area contributed by atoms with E-state index in [1.165, 1.54) is 57.7 Å². The van der Waals surface area contributed by atoms with Crippen LogP contribution < -0.4 is 23.7 Å². The second-order valence-electron chi connectivity index (χ2n) is 12.5. The maximum Gasteiger partial charge on any atom is 0.422 e. The van der Waals surface area contributed by atoms with E-state index in [1.54, 1.807) is 12.1 Å². The number of methoxy groups -OCH3 is 2. The number of benzene rings is 3. The number of aromatic hydroxyl groups is 1. The molecule has 1 saturated carbocycles. The van der Waals surface area contributed by atoms with Gasteiger partial charge in [0, 0.05) is 17.1 Å². The van der Waals surface area contributed by atoms with Crippen molar-refractivity contribution in [1.29, 1.82) is 0 Å². The molecule has 11 nitrogen and oxygen atoms in total. The topological polar surface area (TPSA) is 149 Å². The van der Waals surface area contributed by atoms with Crippen LogP contribution in [0.1, 0.15) is 29.5 Å². The Balaban J connectivity index is 1.37. The first-order valence-corrected chi connectivity index (χ1v) is 18.3.